The second-order valence-electron chi connectivity index (χ2n) is 8.52. The van der Waals surface area contributed by atoms with Gasteiger partial charge in [0.05, 0.1) is 12.1 Å². The van der Waals surface area contributed by atoms with Gasteiger partial charge in [0.2, 0.25) is 5.91 Å². The fourth-order valence-electron chi connectivity index (χ4n) is 4.68. The van der Waals surface area contributed by atoms with E-state index >= 15 is 0 Å². The Kier molecular flexibility index (Phi) is 5.00. The third-order valence-electron chi connectivity index (χ3n) is 5.73. The standard InChI is InChI=1S/C21H26FN3O2S/c1-4-28-20-24-18-17(19(27)25-20)15(11-6-5-7-12(22)8-11)16-13(23-18)9-21(2,3)10-14(16)26/h5-8,15,17-18,20,23-24H,4,9-10H2,1-3H3,(H,25,27). The highest BCUT2D eigenvalue weighted by Crippen LogP contribution is 2.47. The number of halogens is 1. The Morgan fingerprint density at radius 1 is 1.21 bits per heavy atom. The number of carbonyl (C=O) groups is 2. The molecule has 0 spiro atoms. The van der Waals surface area contributed by atoms with Gasteiger partial charge in [-0.25, -0.2) is 4.39 Å². The minimum absolute atomic E-state index is 0.0457. The molecule has 1 amide bonds. The van der Waals surface area contributed by atoms with E-state index in [-0.39, 0.29) is 34.6 Å². The highest BCUT2D eigenvalue weighted by Gasteiger charge is 2.50. The number of amides is 1. The van der Waals surface area contributed by atoms with Gasteiger partial charge in [-0.05, 0) is 35.3 Å². The molecule has 0 aromatic heterocycles. The molecule has 1 saturated heterocycles. The molecule has 1 fully saturated rings. The van der Waals surface area contributed by atoms with Crippen LogP contribution in [0.4, 0.5) is 4.39 Å². The van der Waals surface area contributed by atoms with Gasteiger partial charge >= 0.3 is 0 Å². The van der Waals surface area contributed by atoms with Crippen LogP contribution in [0.15, 0.2) is 35.5 Å². The van der Waals surface area contributed by atoms with E-state index in [4.69, 9.17) is 0 Å². The number of allylic oxidation sites excluding steroid dienone is 2. The summed E-state index contributed by atoms with van der Waals surface area (Å²) in [6, 6.07) is 6.29. The van der Waals surface area contributed by atoms with Crippen LogP contribution < -0.4 is 16.0 Å². The molecule has 0 bridgehead atoms. The molecule has 2 aliphatic heterocycles. The van der Waals surface area contributed by atoms with Crippen LogP contribution in [0.3, 0.4) is 0 Å². The summed E-state index contributed by atoms with van der Waals surface area (Å²) >= 11 is 1.61. The summed E-state index contributed by atoms with van der Waals surface area (Å²) in [7, 11) is 0. The summed E-state index contributed by atoms with van der Waals surface area (Å²) in [5.74, 6) is -0.533. The van der Waals surface area contributed by atoms with Crippen LogP contribution >= 0.6 is 11.8 Å². The Labute approximate surface area is 168 Å². The molecule has 0 saturated carbocycles. The highest BCUT2D eigenvalue weighted by molar-refractivity contribution is 7.99. The van der Waals surface area contributed by atoms with Gasteiger partial charge in [0, 0.05) is 23.6 Å². The second kappa shape index (κ2) is 7.19. The van der Waals surface area contributed by atoms with Crippen molar-refractivity contribution in [3.05, 3.63) is 46.9 Å². The van der Waals surface area contributed by atoms with E-state index in [0.29, 0.717) is 17.6 Å². The number of ketones is 1. The molecule has 4 unspecified atom stereocenters. The molecule has 1 aliphatic carbocycles. The van der Waals surface area contributed by atoms with Crippen LogP contribution in [0.2, 0.25) is 0 Å². The van der Waals surface area contributed by atoms with Crippen molar-refractivity contribution in [2.24, 2.45) is 11.3 Å². The maximum absolute atomic E-state index is 14.0. The predicted octanol–water partition coefficient (Wildman–Crippen LogP) is 2.85. The van der Waals surface area contributed by atoms with Crippen LogP contribution in [0.5, 0.6) is 0 Å². The topological polar surface area (TPSA) is 70.2 Å². The van der Waals surface area contributed by atoms with E-state index in [9.17, 15) is 14.0 Å². The quantitative estimate of drug-likeness (QED) is 0.724. The lowest BCUT2D eigenvalue weighted by Crippen LogP contribution is -2.68. The minimum Gasteiger partial charge on any atom is -0.372 e. The number of benzene rings is 1. The molecule has 5 nitrogen and oxygen atoms in total. The number of nitrogens with one attached hydrogen (secondary N) is 3. The van der Waals surface area contributed by atoms with Crippen LogP contribution in [0, 0.1) is 17.2 Å². The summed E-state index contributed by atoms with van der Waals surface area (Å²) in [6.07, 6.45) is 0.865. The first kappa shape index (κ1) is 19.5. The van der Waals surface area contributed by atoms with Crippen LogP contribution in [0.25, 0.3) is 0 Å². The zero-order valence-corrected chi connectivity index (χ0v) is 17.2. The lowest BCUT2D eigenvalue weighted by atomic mass is 9.66. The Morgan fingerprint density at radius 3 is 2.71 bits per heavy atom. The average molecular weight is 404 g/mol. The van der Waals surface area contributed by atoms with Crippen LogP contribution in [-0.2, 0) is 9.59 Å². The zero-order chi connectivity index (χ0) is 20.1. The molecule has 3 N–H and O–H groups in total. The fraction of sp³-hybridized carbons (Fsp3) is 0.524. The average Bonchev–Trinajstić information content (AvgIpc) is 2.59. The Hall–Kier alpha value is -1.86. The Morgan fingerprint density at radius 2 is 2.00 bits per heavy atom. The highest BCUT2D eigenvalue weighted by atomic mass is 32.2. The van der Waals surface area contributed by atoms with E-state index in [1.165, 1.54) is 12.1 Å². The van der Waals surface area contributed by atoms with Crippen LogP contribution in [-0.4, -0.2) is 29.1 Å². The van der Waals surface area contributed by atoms with Gasteiger partial charge in [0.25, 0.3) is 0 Å². The van der Waals surface area contributed by atoms with E-state index in [1.807, 2.05) is 13.0 Å². The van der Waals surface area contributed by atoms with Gasteiger partial charge in [-0.2, -0.15) is 0 Å². The van der Waals surface area contributed by atoms with Gasteiger partial charge in [0.1, 0.15) is 11.3 Å². The third-order valence-corrected chi connectivity index (χ3v) is 6.65. The van der Waals surface area contributed by atoms with Gasteiger partial charge in [-0.3, -0.25) is 14.9 Å². The van der Waals surface area contributed by atoms with Gasteiger partial charge in [0.15, 0.2) is 5.78 Å². The number of hydrogen-bond acceptors (Lipinski definition) is 5. The lowest BCUT2D eigenvalue weighted by molar-refractivity contribution is -0.130. The molecule has 4 atom stereocenters. The van der Waals surface area contributed by atoms with Crippen LogP contribution in [0.1, 0.15) is 45.1 Å². The van der Waals surface area contributed by atoms with E-state index in [2.05, 4.69) is 29.8 Å². The van der Waals surface area contributed by atoms with Crippen molar-refractivity contribution in [2.75, 3.05) is 5.75 Å². The third kappa shape index (κ3) is 3.46. The summed E-state index contributed by atoms with van der Waals surface area (Å²) in [5.41, 5.74) is 1.88. The van der Waals surface area contributed by atoms with Crippen molar-refractivity contribution in [3.63, 3.8) is 0 Å². The number of fused-ring (bicyclic) bond motifs is 1. The van der Waals surface area contributed by atoms with E-state index in [0.717, 1.165) is 17.9 Å². The first-order valence-electron chi connectivity index (χ1n) is 9.75. The SMILES string of the molecule is CCSC1NC(=O)C2C(NC3=C(C(=O)CC(C)(C)C3)C2c2cccc(F)c2)N1. The number of hydrogen-bond donors (Lipinski definition) is 3. The lowest BCUT2D eigenvalue weighted by Gasteiger charge is -2.48. The van der Waals surface area contributed by atoms with Crippen molar-refractivity contribution in [1.82, 2.24) is 16.0 Å². The molecule has 4 rings (SSSR count). The minimum atomic E-state index is -0.514. The summed E-state index contributed by atoms with van der Waals surface area (Å²) in [4.78, 5) is 26.2. The Bertz CT molecular complexity index is 854. The number of rotatable bonds is 3. The fourth-order valence-corrected chi connectivity index (χ4v) is 5.46. The zero-order valence-electron chi connectivity index (χ0n) is 16.3. The molecule has 3 aliphatic rings. The first-order valence-corrected chi connectivity index (χ1v) is 10.8. The maximum Gasteiger partial charge on any atom is 0.229 e. The van der Waals surface area contributed by atoms with E-state index in [1.54, 1.807) is 17.8 Å². The monoisotopic (exact) mass is 403 g/mol. The summed E-state index contributed by atoms with van der Waals surface area (Å²) in [6.45, 7) is 6.20. The first-order chi connectivity index (χ1) is 13.3. The van der Waals surface area contributed by atoms with Crippen molar-refractivity contribution in [3.8, 4) is 0 Å². The molecule has 7 heteroatoms. The molecular formula is C21H26FN3O2S. The number of thioether (sulfide) groups is 1. The summed E-state index contributed by atoms with van der Waals surface area (Å²) < 4.78 is 14.0. The van der Waals surface area contributed by atoms with Crippen molar-refractivity contribution >= 4 is 23.5 Å². The number of Topliss-reactive ketones (excluding diaryl/α,β-unsaturated/α-hetero) is 1. The molecule has 1 aromatic rings. The Balaban J connectivity index is 1.82. The summed E-state index contributed by atoms with van der Waals surface area (Å²) in [5, 5.41) is 9.92. The molecule has 0 radical (unpaired) electrons. The van der Waals surface area contributed by atoms with Gasteiger partial charge in [-0.1, -0.05) is 32.9 Å². The molecule has 2 heterocycles. The molecular weight excluding hydrogens is 377 g/mol. The van der Waals surface area contributed by atoms with Crippen molar-refractivity contribution < 1.29 is 14.0 Å². The normalized spacial score (nSPS) is 31.6. The predicted molar refractivity (Wildman–Crippen MR) is 108 cm³/mol. The van der Waals surface area contributed by atoms with Crippen molar-refractivity contribution in [1.29, 1.82) is 0 Å². The van der Waals surface area contributed by atoms with E-state index < -0.39 is 11.8 Å². The number of carbonyl (C=O) groups excluding carboxylic acids is 2. The molecule has 150 valence electrons. The smallest absolute Gasteiger partial charge is 0.229 e. The largest absolute Gasteiger partial charge is 0.372 e. The van der Waals surface area contributed by atoms with Crippen molar-refractivity contribution in [2.45, 2.75) is 51.2 Å². The maximum atomic E-state index is 14.0. The molecule has 28 heavy (non-hydrogen) atoms. The second-order valence-corrected chi connectivity index (χ2v) is 9.91. The molecule has 1 aromatic carbocycles. The van der Waals surface area contributed by atoms with Gasteiger partial charge in [-0.15, -0.1) is 11.8 Å². The van der Waals surface area contributed by atoms with Gasteiger partial charge < -0.3 is 10.6 Å².